The van der Waals surface area contributed by atoms with Gasteiger partial charge >= 0.3 is 0 Å². The molecule has 10 rings (SSSR count). The van der Waals surface area contributed by atoms with Gasteiger partial charge in [-0.1, -0.05) is 133 Å². The number of hydrogen-bond acceptors (Lipinski definition) is 2. The second-order valence-corrected chi connectivity index (χ2v) is 15.5. The molecule has 0 nitrogen and oxygen atoms in total. The van der Waals surface area contributed by atoms with E-state index in [1.54, 1.807) is 0 Å². The van der Waals surface area contributed by atoms with Crippen LogP contribution in [0.3, 0.4) is 0 Å². The standard InChI is InChI=1S/C48H32S2/c1-3-11-35-29(2)49-45-28-41-33(26-42(35)45)23-25-43-48(41)40-24-22-34(27-44(40)50-43)47-38-16-9-7-14-36(38)46(37-15-8-10-17-39(37)47)32-20-18-31(19-21-32)30-12-5-4-6-13-30/h3-28H,1-2H3/b11-3-. The zero-order chi connectivity index (χ0) is 33.3. The van der Waals surface area contributed by atoms with Crippen molar-refractivity contribution in [3.8, 4) is 33.4 Å². The quantitative estimate of drug-likeness (QED) is 0.163. The summed E-state index contributed by atoms with van der Waals surface area (Å²) in [5.41, 5.74) is 8.92. The molecule has 0 unspecified atom stereocenters. The lowest BCUT2D eigenvalue weighted by atomic mass is 9.85. The molecule has 50 heavy (non-hydrogen) atoms. The number of allylic oxidation sites excluding steroid dienone is 1. The minimum Gasteiger partial charge on any atom is -0.140 e. The van der Waals surface area contributed by atoms with Gasteiger partial charge in [-0.2, -0.15) is 0 Å². The first-order chi connectivity index (χ1) is 24.7. The smallest absolute Gasteiger partial charge is 0.0361 e. The van der Waals surface area contributed by atoms with E-state index >= 15 is 0 Å². The second kappa shape index (κ2) is 11.5. The van der Waals surface area contributed by atoms with Crippen LogP contribution in [0.2, 0.25) is 0 Å². The molecule has 0 N–H and O–H groups in total. The van der Waals surface area contributed by atoms with Crippen LogP contribution in [0.5, 0.6) is 0 Å². The van der Waals surface area contributed by atoms with E-state index in [0.717, 1.165) is 0 Å². The van der Waals surface area contributed by atoms with E-state index in [1.165, 1.54) is 106 Å². The summed E-state index contributed by atoms with van der Waals surface area (Å²) >= 11 is 3.81. The van der Waals surface area contributed by atoms with E-state index in [0.29, 0.717) is 0 Å². The molecule has 2 heteroatoms. The minimum absolute atomic E-state index is 1.23. The first-order valence-corrected chi connectivity index (χ1v) is 18.8. The average molecular weight is 673 g/mol. The highest BCUT2D eigenvalue weighted by Gasteiger charge is 2.18. The van der Waals surface area contributed by atoms with Gasteiger partial charge in [0.15, 0.2) is 0 Å². The molecule has 0 saturated heterocycles. The van der Waals surface area contributed by atoms with E-state index in [4.69, 9.17) is 0 Å². The Balaban J connectivity index is 1.18. The van der Waals surface area contributed by atoms with Crippen molar-refractivity contribution in [3.63, 3.8) is 0 Å². The van der Waals surface area contributed by atoms with Crippen LogP contribution in [0, 0.1) is 6.92 Å². The summed E-state index contributed by atoms with van der Waals surface area (Å²) in [6.07, 6.45) is 4.40. The first kappa shape index (κ1) is 29.4. The topological polar surface area (TPSA) is 0 Å². The Labute approximate surface area is 299 Å². The monoisotopic (exact) mass is 672 g/mol. The molecule has 236 valence electrons. The molecule has 0 spiro atoms. The van der Waals surface area contributed by atoms with Crippen LogP contribution in [-0.4, -0.2) is 0 Å². The highest BCUT2D eigenvalue weighted by molar-refractivity contribution is 7.26. The lowest BCUT2D eigenvalue weighted by Gasteiger charge is -2.18. The summed E-state index contributed by atoms with van der Waals surface area (Å²) in [4.78, 5) is 1.37. The third kappa shape index (κ3) is 4.49. The average Bonchev–Trinajstić information content (AvgIpc) is 3.69. The maximum Gasteiger partial charge on any atom is 0.0361 e. The normalized spacial score (nSPS) is 12.1. The minimum atomic E-state index is 1.23. The summed E-state index contributed by atoms with van der Waals surface area (Å²) in [6.45, 7) is 4.34. The van der Waals surface area contributed by atoms with Crippen LogP contribution in [0.4, 0.5) is 0 Å². The van der Waals surface area contributed by atoms with Gasteiger partial charge in [0.05, 0.1) is 0 Å². The predicted molar refractivity (Wildman–Crippen MR) is 223 cm³/mol. The summed E-state index contributed by atoms with van der Waals surface area (Å²) in [5.74, 6) is 0. The molecule has 0 amide bonds. The van der Waals surface area contributed by atoms with Gasteiger partial charge in [-0.25, -0.2) is 0 Å². The SMILES string of the molecule is C/C=C\c1c(C)sc2cc3c(ccc4sc5cc(-c6c7ccccc7c(-c7ccc(-c8ccccc8)cc7)c7ccccc67)ccc5c43)cc12. The largest absolute Gasteiger partial charge is 0.140 e. The molecule has 10 aromatic rings. The van der Waals surface area contributed by atoms with Gasteiger partial charge in [-0.05, 0) is 109 Å². The maximum atomic E-state index is 2.44. The summed E-state index contributed by atoms with van der Waals surface area (Å²) in [7, 11) is 0. The Morgan fingerprint density at radius 2 is 1.00 bits per heavy atom. The van der Waals surface area contributed by atoms with Crippen molar-refractivity contribution in [1.82, 2.24) is 0 Å². The van der Waals surface area contributed by atoms with Crippen molar-refractivity contribution in [2.24, 2.45) is 0 Å². The Morgan fingerprint density at radius 1 is 0.420 bits per heavy atom. The molecule has 0 aliphatic rings. The number of aryl methyl sites for hydroxylation is 1. The lowest BCUT2D eigenvalue weighted by molar-refractivity contribution is 1.61. The van der Waals surface area contributed by atoms with Gasteiger partial charge in [0.1, 0.15) is 0 Å². The van der Waals surface area contributed by atoms with Crippen LogP contribution in [-0.2, 0) is 0 Å². The zero-order valence-electron chi connectivity index (χ0n) is 27.8. The van der Waals surface area contributed by atoms with Crippen LogP contribution >= 0.6 is 22.7 Å². The van der Waals surface area contributed by atoms with Crippen molar-refractivity contribution >= 4 is 91.3 Å². The van der Waals surface area contributed by atoms with Crippen molar-refractivity contribution in [2.45, 2.75) is 13.8 Å². The fourth-order valence-electron chi connectivity index (χ4n) is 8.07. The van der Waals surface area contributed by atoms with E-state index in [-0.39, 0.29) is 0 Å². The van der Waals surface area contributed by atoms with Crippen LogP contribution in [0.15, 0.2) is 152 Å². The Morgan fingerprint density at radius 3 is 1.68 bits per heavy atom. The molecular weight excluding hydrogens is 641 g/mol. The number of benzene rings is 8. The zero-order valence-corrected chi connectivity index (χ0v) is 29.5. The molecule has 8 aromatic carbocycles. The summed E-state index contributed by atoms with van der Waals surface area (Å²) in [5, 5.41) is 11.9. The molecule has 0 radical (unpaired) electrons. The predicted octanol–water partition coefficient (Wildman–Crippen LogP) is 15.1. The van der Waals surface area contributed by atoms with Crippen molar-refractivity contribution < 1.29 is 0 Å². The van der Waals surface area contributed by atoms with Crippen LogP contribution in [0.1, 0.15) is 17.4 Å². The molecule has 2 heterocycles. The number of rotatable bonds is 4. The van der Waals surface area contributed by atoms with E-state index in [1.807, 2.05) is 22.7 Å². The summed E-state index contributed by atoms with van der Waals surface area (Å²) in [6, 6.07) is 54.3. The highest BCUT2D eigenvalue weighted by Crippen LogP contribution is 2.47. The highest BCUT2D eigenvalue weighted by atomic mass is 32.1. The number of hydrogen-bond donors (Lipinski definition) is 0. The number of thiophene rings is 2. The molecule has 0 atom stereocenters. The first-order valence-electron chi connectivity index (χ1n) is 17.2. The number of fused-ring (bicyclic) bond motifs is 8. The Kier molecular flexibility index (Phi) is 6.77. The van der Waals surface area contributed by atoms with Gasteiger partial charge in [-0.15, -0.1) is 22.7 Å². The van der Waals surface area contributed by atoms with E-state index < -0.39 is 0 Å². The maximum absolute atomic E-state index is 2.44. The van der Waals surface area contributed by atoms with Crippen molar-refractivity contribution in [3.05, 3.63) is 162 Å². The summed E-state index contributed by atoms with van der Waals surface area (Å²) < 4.78 is 4.03. The molecule has 0 aliphatic heterocycles. The third-order valence-corrected chi connectivity index (χ3v) is 12.5. The fourth-order valence-corrected chi connectivity index (χ4v) is 10.3. The van der Waals surface area contributed by atoms with Crippen LogP contribution in [0.25, 0.3) is 102 Å². The van der Waals surface area contributed by atoms with Crippen LogP contribution < -0.4 is 0 Å². The van der Waals surface area contributed by atoms with Gasteiger partial charge in [0, 0.05) is 35.1 Å². The molecule has 0 fully saturated rings. The fraction of sp³-hybridized carbons (Fsp3) is 0.0417. The van der Waals surface area contributed by atoms with Gasteiger partial charge in [-0.3, -0.25) is 0 Å². The van der Waals surface area contributed by atoms with Crippen molar-refractivity contribution in [2.75, 3.05) is 0 Å². The Bertz CT molecular complexity index is 2920. The molecule has 0 aliphatic carbocycles. The van der Waals surface area contributed by atoms with Crippen molar-refractivity contribution in [1.29, 1.82) is 0 Å². The third-order valence-electron chi connectivity index (χ3n) is 10.3. The molecule has 2 aromatic heterocycles. The second-order valence-electron chi connectivity index (χ2n) is 13.2. The molecule has 0 saturated carbocycles. The van der Waals surface area contributed by atoms with E-state index in [9.17, 15) is 0 Å². The Hall–Kier alpha value is -5.54. The lowest BCUT2D eigenvalue weighted by Crippen LogP contribution is -1.91. The molecular formula is C48H32S2. The van der Waals surface area contributed by atoms with E-state index in [2.05, 4.69) is 172 Å². The van der Waals surface area contributed by atoms with Gasteiger partial charge < -0.3 is 0 Å². The van der Waals surface area contributed by atoms with Gasteiger partial charge in [0.2, 0.25) is 0 Å². The molecule has 0 bridgehead atoms. The van der Waals surface area contributed by atoms with Gasteiger partial charge in [0.25, 0.3) is 0 Å².